The summed E-state index contributed by atoms with van der Waals surface area (Å²) in [6.07, 6.45) is 0.715. The predicted molar refractivity (Wildman–Crippen MR) is 113 cm³/mol. The second-order valence-corrected chi connectivity index (χ2v) is 7.47. The molecule has 0 atom stereocenters. The average molecular weight is 396 g/mol. The monoisotopic (exact) mass is 396 g/mol. The summed E-state index contributed by atoms with van der Waals surface area (Å²) < 4.78 is 16.3. The molecule has 6 nitrogen and oxygen atoms in total. The summed E-state index contributed by atoms with van der Waals surface area (Å²) in [5, 5.41) is 0. The van der Waals surface area contributed by atoms with E-state index < -0.39 is 0 Å². The minimum absolute atomic E-state index is 0.0296. The quantitative estimate of drug-likeness (QED) is 0.561. The second-order valence-electron chi connectivity index (χ2n) is 7.47. The van der Waals surface area contributed by atoms with Crippen molar-refractivity contribution >= 4 is 17.0 Å². The van der Waals surface area contributed by atoms with Gasteiger partial charge in [0.25, 0.3) is 5.91 Å². The number of hydrogen-bond acceptors (Lipinski definition) is 5. The maximum Gasteiger partial charge on any atom is 0.256 e. The number of rotatable bonds is 8. The van der Waals surface area contributed by atoms with E-state index in [0.717, 1.165) is 5.56 Å². The Morgan fingerprint density at radius 3 is 2.59 bits per heavy atom. The fourth-order valence-electron chi connectivity index (χ4n) is 3.42. The molecule has 0 radical (unpaired) electrons. The van der Waals surface area contributed by atoms with Crippen LogP contribution in [-0.2, 0) is 6.42 Å². The number of carbonyl (C=O) groups is 1. The van der Waals surface area contributed by atoms with Gasteiger partial charge in [-0.05, 0) is 42.2 Å². The second kappa shape index (κ2) is 8.99. The molecule has 6 heteroatoms. The Bertz CT molecular complexity index is 994. The van der Waals surface area contributed by atoms with E-state index in [0.29, 0.717) is 59.5 Å². The number of hydrogen-bond donors (Lipinski definition) is 0. The summed E-state index contributed by atoms with van der Waals surface area (Å²) in [6, 6.07) is 11.3. The molecule has 0 saturated heterocycles. The zero-order chi connectivity index (χ0) is 21.0. The number of ether oxygens (including phenoxy) is 2. The van der Waals surface area contributed by atoms with Crippen molar-refractivity contribution in [1.29, 1.82) is 0 Å². The van der Waals surface area contributed by atoms with E-state index in [1.807, 2.05) is 41.3 Å². The summed E-state index contributed by atoms with van der Waals surface area (Å²) >= 11 is 0. The standard InChI is InChI=1S/C23H28N2O4/c1-15(2)14-25(12-11-17-9-10-19(27-4)21(13-17)28-5)23(26)18-7-6-8-20-22(18)24-16(3)29-20/h6-10,13,15H,11-12,14H2,1-5H3. The average Bonchev–Trinajstić information content (AvgIpc) is 3.10. The largest absolute Gasteiger partial charge is 0.493 e. The summed E-state index contributed by atoms with van der Waals surface area (Å²) in [5.74, 6) is 2.26. The Balaban J connectivity index is 1.83. The van der Waals surface area contributed by atoms with Gasteiger partial charge >= 0.3 is 0 Å². The van der Waals surface area contributed by atoms with Crippen LogP contribution in [0.5, 0.6) is 11.5 Å². The Morgan fingerprint density at radius 2 is 1.90 bits per heavy atom. The lowest BCUT2D eigenvalue weighted by Crippen LogP contribution is -2.36. The number of aromatic nitrogens is 1. The molecule has 154 valence electrons. The van der Waals surface area contributed by atoms with Gasteiger partial charge in [0.05, 0.1) is 19.8 Å². The number of oxazole rings is 1. The van der Waals surface area contributed by atoms with Crippen LogP contribution in [0.4, 0.5) is 0 Å². The first-order chi connectivity index (χ1) is 13.9. The van der Waals surface area contributed by atoms with Crippen molar-refractivity contribution in [2.24, 2.45) is 5.92 Å². The smallest absolute Gasteiger partial charge is 0.256 e. The lowest BCUT2D eigenvalue weighted by Gasteiger charge is -2.25. The molecule has 0 saturated carbocycles. The minimum atomic E-state index is -0.0296. The lowest BCUT2D eigenvalue weighted by atomic mass is 10.1. The first-order valence-corrected chi connectivity index (χ1v) is 9.79. The van der Waals surface area contributed by atoms with Crippen molar-refractivity contribution in [3.8, 4) is 11.5 Å². The molecule has 3 rings (SSSR count). The van der Waals surface area contributed by atoms with Crippen LogP contribution in [0.25, 0.3) is 11.1 Å². The first-order valence-electron chi connectivity index (χ1n) is 9.79. The molecule has 0 aliphatic heterocycles. The van der Waals surface area contributed by atoms with E-state index in [-0.39, 0.29) is 5.91 Å². The predicted octanol–water partition coefficient (Wildman–Crippen LogP) is 4.49. The molecular formula is C23H28N2O4. The van der Waals surface area contributed by atoms with Crippen LogP contribution >= 0.6 is 0 Å². The maximum absolute atomic E-state index is 13.3. The van der Waals surface area contributed by atoms with Gasteiger partial charge in [-0.2, -0.15) is 0 Å². The molecule has 0 spiro atoms. The van der Waals surface area contributed by atoms with Gasteiger partial charge in [0.2, 0.25) is 0 Å². The number of aryl methyl sites for hydroxylation is 1. The Kier molecular flexibility index (Phi) is 6.42. The highest BCUT2D eigenvalue weighted by Crippen LogP contribution is 2.28. The number of para-hydroxylation sites is 1. The maximum atomic E-state index is 13.3. The Labute approximate surface area is 171 Å². The molecule has 0 unspecified atom stereocenters. The van der Waals surface area contributed by atoms with E-state index in [4.69, 9.17) is 13.9 Å². The van der Waals surface area contributed by atoms with E-state index in [1.54, 1.807) is 21.1 Å². The molecule has 0 aliphatic carbocycles. The lowest BCUT2D eigenvalue weighted by molar-refractivity contribution is 0.0740. The van der Waals surface area contributed by atoms with E-state index in [1.165, 1.54) is 0 Å². The van der Waals surface area contributed by atoms with Crippen molar-refractivity contribution in [2.75, 3.05) is 27.3 Å². The van der Waals surface area contributed by atoms with Gasteiger partial charge in [-0.3, -0.25) is 4.79 Å². The Hall–Kier alpha value is -3.02. The van der Waals surface area contributed by atoms with Crippen LogP contribution in [0, 0.1) is 12.8 Å². The molecule has 29 heavy (non-hydrogen) atoms. The highest BCUT2D eigenvalue weighted by molar-refractivity contribution is 6.04. The van der Waals surface area contributed by atoms with Crippen LogP contribution < -0.4 is 9.47 Å². The zero-order valence-electron chi connectivity index (χ0n) is 17.7. The van der Waals surface area contributed by atoms with Crippen LogP contribution in [0.3, 0.4) is 0 Å². The highest BCUT2D eigenvalue weighted by Gasteiger charge is 2.21. The third kappa shape index (κ3) is 4.70. The number of nitrogens with zero attached hydrogens (tertiary/aromatic N) is 2. The topological polar surface area (TPSA) is 64.8 Å². The number of carbonyl (C=O) groups excluding carboxylic acids is 1. The summed E-state index contributed by atoms with van der Waals surface area (Å²) in [5.41, 5.74) is 2.92. The SMILES string of the molecule is COc1ccc(CCN(CC(C)C)C(=O)c2cccc3oc(C)nc23)cc1OC. The molecule has 0 fully saturated rings. The van der Waals surface area contributed by atoms with Gasteiger partial charge in [0, 0.05) is 20.0 Å². The van der Waals surface area contributed by atoms with Gasteiger partial charge in [0.1, 0.15) is 5.52 Å². The number of amides is 1. The molecule has 0 aliphatic rings. The van der Waals surface area contributed by atoms with Gasteiger partial charge in [-0.25, -0.2) is 4.98 Å². The van der Waals surface area contributed by atoms with Gasteiger partial charge in [-0.15, -0.1) is 0 Å². The normalized spacial score (nSPS) is 11.1. The molecular weight excluding hydrogens is 368 g/mol. The van der Waals surface area contributed by atoms with E-state index in [9.17, 15) is 4.79 Å². The fourth-order valence-corrected chi connectivity index (χ4v) is 3.42. The van der Waals surface area contributed by atoms with Crippen LogP contribution in [0.15, 0.2) is 40.8 Å². The number of fused-ring (bicyclic) bond motifs is 1. The van der Waals surface area contributed by atoms with Gasteiger partial charge in [0.15, 0.2) is 23.0 Å². The molecule has 1 heterocycles. The van der Waals surface area contributed by atoms with Crippen molar-refractivity contribution in [1.82, 2.24) is 9.88 Å². The molecule has 1 aromatic heterocycles. The summed E-state index contributed by atoms with van der Waals surface area (Å²) in [7, 11) is 3.24. The van der Waals surface area contributed by atoms with E-state index >= 15 is 0 Å². The molecule has 1 amide bonds. The molecule has 0 bridgehead atoms. The van der Waals surface area contributed by atoms with Crippen molar-refractivity contribution in [3.05, 3.63) is 53.4 Å². The third-order valence-corrected chi connectivity index (χ3v) is 4.75. The zero-order valence-corrected chi connectivity index (χ0v) is 17.7. The Morgan fingerprint density at radius 1 is 1.14 bits per heavy atom. The molecule has 2 aromatic carbocycles. The minimum Gasteiger partial charge on any atom is -0.493 e. The number of benzene rings is 2. The van der Waals surface area contributed by atoms with Crippen molar-refractivity contribution < 1.29 is 18.7 Å². The number of methoxy groups -OCH3 is 2. The third-order valence-electron chi connectivity index (χ3n) is 4.75. The molecule has 0 N–H and O–H groups in total. The van der Waals surface area contributed by atoms with Crippen molar-refractivity contribution in [2.45, 2.75) is 27.2 Å². The highest BCUT2D eigenvalue weighted by atomic mass is 16.5. The van der Waals surface area contributed by atoms with Crippen molar-refractivity contribution in [3.63, 3.8) is 0 Å². The van der Waals surface area contributed by atoms with Crippen LogP contribution in [0.2, 0.25) is 0 Å². The van der Waals surface area contributed by atoms with E-state index in [2.05, 4.69) is 18.8 Å². The molecule has 3 aromatic rings. The first kappa shape index (κ1) is 20.7. The van der Waals surface area contributed by atoms with Gasteiger partial charge < -0.3 is 18.8 Å². The van der Waals surface area contributed by atoms with Crippen LogP contribution in [0.1, 0.15) is 35.7 Å². The summed E-state index contributed by atoms with van der Waals surface area (Å²) in [6.45, 7) is 7.27. The van der Waals surface area contributed by atoms with Gasteiger partial charge in [-0.1, -0.05) is 26.0 Å². The van der Waals surface area contributed by atoms with Crippen LogP contribution in [-0.4, -0.2) is 43.1 Å². The summed E-state index contributed by atoms with van der Waals surface area (Å²) in [4.78, 5) is 19.6. The fraction of sp³-hybridized carbons (Fsp3) is 0.391.